The summed E-state index contributed by atoms with van der Waals surface area (Å²) >= 11 is 0. The largest absolute Gasteiger partial charge is 0.326 e. The van der Waals surface area contributed by atoms with Crippen molar-refractivity contribution in [1.29, 1.82) is 0 Å². The topological polar surface area (TPSA) is 41.0 Å². The van der Waals surface area contributed by atoms with Crippen molar-refractivity contribution >= 4 is 11.0 Å². The maximum Gasteiger partial charge on any atom is 0.326 e. The first-order valence-electron chi connectivity index (χ1n) is 7.91. The van der Waals surface area contributed by atoms with Gasteiger partial charge in [0.25, 0.3) is 0 Å². The van der Waals surface area contributed by atoms with Crippen LogP contribution >= 0.6 is 0 Å². The molecule has 4 nitrogen and oxygen atoms in total. The minimum absolute atomic E-state index is 0.00136. The van der Waals surface area contributed by atoms with Crippen LogP contribution in [0.3, 0.4) is 0 Å². The molecule has 0 amide bonds. The van der Waals surface area contributed by atoms with Crippen molar-refractivity contribution in [3.63, 3.8) is 0 Å². The fourth-order valence-electron chi connectivity index (χ4n) is 3.34. The van der Waals surface area contributed by atoms with E-state index in [1.54, 1.807) is 0 Å². The minimum Gasteiger partial charge on any atom is -0.306 e. The summed E-state index contributed by atoms with van der Waals surface area (Å²) in [7, 11) is 0. The highest BCUT2D eigenvalue weighted by atomic mass is 16.1. The van der Waals surface area contributed by atoms with E-state index in [1.807, 2.05) is 16.7 Å². The predicted octanol–water partition coefficient (Wildman–Crippen LogP) is 3.05. The van der Waals surface area contributed by atoms with Gasteiger partial charge in [-0.3, -0.25) is 9.47 Å². The Bertz CT molecular complexity index is 781. The summed E-state index contributed by atoms with van der Waals surface area (Å²) in [5.74, 6) is 0. The van der Waals surface area contributed by atoms with Crippen molar-refractivity contribution in [2.24, 2.45) is 5.41 Å². The summed E-state index contributed by atoms with van der Waals surface area (Å²) in [6, 6.07) is 4.42. The number of rotatable bonds is 3. The minimum atomic E-state index is -0.00136. The molecule has 0 saturated heterocycles. The van der Waals surface area contributed by atoms with Gasteiger partial charge in [0.05, 0.1) is 11.0 Å². The van der Waals surface area contributed by atoms with Gasteiger partial charge in [-0.25, -0.2) is 4.79 Å². The number of nitrogens with one attached hydrogen (secondary N) is 1. The number of H-pyrrole nitrogens is 1. The van der Waals surface area contributed by atoms with Crippen LogP contribution in [-0.4, -0.2) is 27.0 Å². The molecule has 1 N–H and O–H groups in total. The van der Waals surface area contributed by atoms with Gasteiger partial charge >= 0.3 is 5.69 Å². The van der Waals surface area contributed by atoms with Gasteiger partial charge in [0.2, 0.25) is 0 Å². The molecule has 0 spiro atoms. The molecule has 1 aromatic carbocycles. The molecule has 0 unspecified atom stereocenters. The number of hydrogen-bond donors (Lipinski definition) is 1. The average molecular weight is 299 g/mol. The first kappa shape index (κ1) is 15.1. The number of benzene rings is 1. The van der Waals surface area contributed by atoms with Crippen molar-refractivity contribution in [3.8, 4) is 0 Å². The fraction of sp³-hybridized carbons (Fsp3) is 0.500. The first-order valence-corrected chi connectivity index (χ1v) is 7.91. The number of aryl methyl sites for hydroxylation is 1. The Labute approximate surface area is 131 Å². The van der Waals surface area contributed by atoms with Crippen LogP contribution in [0.25, 0.3) is 11.0 Å². The maximum absolute atomic E-state index is 12.3. The number of aromatic nitrogens is 2. The van der Waals surface area contributed by atoms with Crippen LogP contribution in [0.1, 0.15) is 31.9 Å². The lowest BCUT2D eigenvalue weighted by Crippen LogP contribution is -2.41. The molecule has 0 radical (unpaired) electrons. The Morgan fingerprint density at radius 1 is 1.45 bits per heavy atom. The lowest BCUT2D eigenvalue weighted by molar-refractivity contribution is 0.144. The van der Waals surface area contributed by atoms with Gasteiger partial charge in [-0.05, 0) is 36.5 Å². The third kappa shape index (κ3) is 2.41. The van der Waals surface area contributed by atoms with E-state index >= 15 is 0 Å². The molecule has 1 aliphatic heterocycles. The maximum atomic E-state index is 12.3. The number of aromatic amines is 1. The molecule has 1 aromatic heterocycles. The third-order valence-corrected chi connectivity index (χ3v) is 4.87. The van der Waals surface area contributed by atoms with Crippen LogP contribution in [0.15, 0.2) is 29.6 Å². The van der Waals surface area contributed by atoms with E-state index in [0.29, 0.717) is 6.04 Å². The van der Waals surface area contributed by atoms with Gasteiger partial charge in [0.1, 0.15) is 0 Å². The zero-order valence-electron chi connectivity index (χ0n) is 13.9. The standard InChI is InChI=1S/C18H25N3O/c1-6-18(4,5)11-20-10-14-12(2)7-8-15-16(14)21(9-13(20)3)17(22)19-15/h6-8,13H,1,9-11H2,2-5H3,(H,19,22)/t13-/m0/s1. The zero-order valence-corrected chi connectivity index (χ0v) is 13.9. The number of imidazole rings is 1. The molecular formula is C18H25N3O. The van der Waals surface area contributed by atoms with Crippen LogP contribution in [0, 0.1) is 12.3 Å². The van der Waals surface area contributed by atoms with E-state index in [2.05, 4.69) is 50.2 Å². The van der Waals surface area contributed by atoms with Crippen molar-refractivity contribution in [2.45, 2.75) is 46.8 Å². The molecule has 0 aliphatic carbocycles. The fourth-order valence-corrected chi connectivity index (χ4v) is 3.34. The van der Waals surface area contributed by atoms with Gasteiger partial charge in [-0.2, -0.15) is 0 Å². The first-order chi connectivity index (χ1) is 10.3. The summed E-state index contributed by atoms with van der Waals surface area (Å²) in [6.07, 6.45) is 2.02. The molecule has 1 aliphatic rings. The van der Waals surface area contributed by atoms with Crippen LogP contribution in [0.5, 0.6) is 0 Å². The third-order valence-electron chi connectivity index (χ3n) is 4.87. The quantitative estimate of drug-likeness (QED) is 0.885. The highest BCUT2D eigenvalue weighted by Crippen LogP contribution is 2.29. The highest BCUT2D eigenvalue weighted by molar-refractivity contribution is 5.80. The molecule has 2 heterocycles. The van der Waals surface area contributed by atoms with Crippen LogP contribution < -0.4 is 5.69 Å². The Hall–Kier alpha value is -1.81. The Balaban J connectivity index is 2.11. The molecule has 0 bridgehead atoms. The lowest BCUT2D eigenvalue weighted by atomic mass is 9.92. The van der Waals surface area contributed by atoms with Gasteiger partial charge in [-0.15, -0.1) is 6.58 Å². The molecule has 1 atom stereocenters. The van der Waals surface area contributed by atoms with E-state index in [9.17, 15) is 4.79 Å². The summed E-state index contributed by atoms with van der Waals surface area (Å²) in [5, 5.41) is 0. The lowest BCUT2D eigenvalue weighted by Gasteiger charge is -2.34. The van der Waals surface area contributed by atoms with Crippen LogP contribution in [0.2, 0.25) is 0 Å². The molecule has 0 saturated carbocycles. The Morgan fingerprint density at radius 3 is 2.86 bits per heavy atom. The molecule has 2 aromatic rings. The van der Waals surface area contributed by atoms with E-state index in [0.717, 1.165) is 30.7 Å². The summed E-state index contributed by atoms with van der Waals surface area (Å²) in [4.78, 5) is 17.7. The SMILES string of the molecule is C=CC(C)(C)CN1Cc2c(C)ccc3[nH]c(=O)n(c23)C[C@@H]1C. The monoisotopic (exact) mass is 299 g/mol. The Morgan fingerprint density at radius 2 is 2.18 bits per heavy atom. The molecule has 0 fully saturated rings. The van der Waals surface area contributed by atoms with Gasteiger partial charge in [0.15, 0.2) is 0 Å². The zero-order chi connectivity index (χ0) is 16.1. The van der Waals surface area contributed by atoms with Gasteiger partial charge in [0, 0.05) is 25.7 Å². The van der Waals surface area contributed by atoms with Crippen molar-refractivity contribution in [3.05, 3.63) is 46.4 Å². The van der Waals surface area contributed by atoms with Crippen LogP contribution in [0.4, 0.5) is 0 Å². The van der Waals surface area contributed by atoms with Crippen LogP contribution in [-0.2, 0) is 13.1 Å². The number of nitrogens with zero attached hydrogens (tertiary/aromatic N) is 2. The smallest absolute Gasteiger partial charge is 0.306 e. The van der Waals surface area contributed by atoms with E-state index < -0.39 is 0 Å². The van der Waals surface area contributed by atoms with Crippen molar-refractivity contribution < 1.29 is 0 Å². The molecule has 22 heavy (non-hydrogen) atoms. The average Bonchev–Trinajstić information content (AvgIpc) is 2.68. The van der Waals surface area contributed by atoms with Crippen molar-refractivity contribution in [1.82, 2.24) is 14.5 Å². The molecule has 3 rings (SSSR count). The highest BCUT2D eigenvalue weighted by Gasteiger charge is 2.28. The normalized spacial score (nSPS) is 19.4. The molecule has 4 heteroatoms. The molecular weight excluding hydrogens is 274 g/mol. The summed E-state index contributed by atoms with van der Waals surface area (Å²) < 4.78 is 1.91. The summed E-state index contributed by atoms with van der Waals surface area (Å²) in [5.41, 5.74) is 4.59. The van der Waals surface area contributed by atoms with Crippen molar-refractivity contribution in [2.75, 3.05) is 6.54 Å². The van der Waals surface area contributed by atoms with E-state index in [4.69, 9.17) is 0 Å². The van der Waals surface area contributed by atoms with E-state index in [1.165, 1.54) is 11.1 Å². The number of hydrogen-bond acceptors (Lipinski definition) is 2. The molecule has 118 valence electrons. The summed E-state index contributed by atoms with van der Waals surface area (Å²) in [6.45, 7) is 15.2. The van der Waals surface area contributed by atoms with Gasteiger partial charge < -0.3 is 4.98 Å². The second-order valence-corrected chi connectivity index (χ2v) is 7.24. The second kappa shape index (κ2) is 5.13. The van der Waals surface area contributed by atoms with Gasteiger partial charge in [-0.1, -0.05) is 26.0 Å². The second-order valence-electron chi connectivity index (χ2n) is 7.24. The predicted molar refractivity (Wildman–Crippen MR) is 91.1 cm³/mol. The van der Waals surface area contributed by atoms with E-state index in [-0.39, 0.29) is 11.1 Å². The Kier molecular flexibility index (Phi) is 3.52.